The molecule has 1 unspecified atom stereocenters. The Morgan fingerprint density at radius 1 is 0.852 bits per heavy atom. The van der Waals surface area contributed by atoms with Crippen molar-refractivity contribution in [2.75, 3.05) is 6.54 Å². The normalized spacial score (nSPS) is 18.6. The average molecular weight is 357 g/mol. The van der Waals surface area contributed by atoms with E-state index in [9.17, 15) is 9.90 Å². The van der Waals surface area contributed by atoms with Crippen molar-refractivity contribution in [3.8, 4) is 11.1 Å². The van der Waals surface area contributed by atoms with E-state index in [0.29, 0.717) is 18.4 Å². The van der Waals surface area contributed by atoms with E-state index >= 15 is 0 Å². The van der Waals surface area contributed by atoms with Crippen LogP contribution in [0.25, 0.3) is 11.1 Å². The van der Waals surface area contributed by atoms with Gasteiger partial charge in [0.2, 0.25) is 0 Å². The van der Waals surface area contributed by atoms with Gasteiger partial charge < -0.3 is 10.4 Å². The summed E-state index contributed by atoms with van der Waals surface area (Å²) in [4.78, 5) is 12.5. The van der Waals surface area contributed by atoms with Crippen molar-refractivity contribution in [2.45, 2.75) is 24.9 Å². The molecule has 1 aliphatic rings. The van der Waals surface area contributed by atoms with Crippen LogP contribution in [0.4, 0.5) is 0 Å². The Hall–Kier alpha value is -2.91. The zero-order chi connectivity index (χ0) is 18.7. The van der Waals surface area contributed by atoms with Crippen LogP contribution in [-0.4, -0.2) is 23.2 Å². The molecule has 0 radical (unpaired) electrons. The molecule has 3 aromatic rings. The van der Waals surface area contributed by atoms with Gasteiger partial charge in [0.1, 0.15) is 0 Å². The Morgan fingerprint density at radius 2 is 1.48 bits per heavy atom. The van der Waals surface area contributed by atoms with Crippen LogP contribution in [0.2, 0.25) is 0 Å². The second kappa shape index (κ2) is 7.37. The van der Waals surface area contributed by atoms with Crippen molar-refractivity contribution in [3.05, 3.63) is 95.6 Å². The quantitative estimate of drug-likeness (QED) is 0.741. The van der Waals surface area contributed by atoms with Gasteiger partial charge in [0, 0.05) is 18.5 Å². The van der Waals surface area contributed by atoms with Gasteiger partial charge in [-0.15, -0.1) is 0 Å². The number of aryl methyl sites for hydroxylation is 1. The third kappa shape index (κ3) is 3.93. The van der Waals surface area contributed by atoms with E-state index in [2.05, 4.69) is 17.4 Å². The van der Waals surface area contributed by atoms with Gasteiger partial charge in [-0.2, -0.15) is 0 Å². The van der Waals surface area contributed by atoms with Crippen molar-refractivity contribution >= 4 is 5.91 Å². The van der Waals surface area contributed by atoms with Crippen molar-refractivity contribution in [1.82, 2.24) is 5.32 Å². The molecule has 27 heavy (non-hydrogen) atoms. The Morgan fingerprint density at radius 3 is 2.22 bits per heavy atom. The molecule has 3 aromatic carbocycles. The van der Waals surface area contributed by atoms with Gasteiger partial charge in [-0.1, -0.05) is 66.7 Å². The summed E-state index contributed by atoms with van der Waals surface area (Å²) in [6.45, 7) is 0.264. The molecular weight excluding hydrogens is 334 g/mol. The highest BCUT2D eigenvalue weighted by atomic mass is 16.3. The summed E-state index contributed by atoms with van der Waals surface area (Å²) >= 11 is 0. The minimum atomic E-state index is -0.881. The van der Waals surface area contributed by atoms with Crippen LogP contribution in [0, 0.1) is 0 Å². The maximum atomic E-state index is 12.5. The number of hydrogen-bond acceptors (Lipinski definition) is 2. The number of carbonyl (C=O) groups is 1. The maximum Gasteiger partial charge on any atom is 0.251 e. The molecule has 2 N–H and O–H groups in total. The predicted octanol–water partition coefficient (Wildman–Crippen LogP) is 4.00. The van der Waals surface area contributed by atoms with Gasteiger partial charge in [-0.25, -0.2) is 0 Å². The fraction of sp³-hybridized carbons (Fsp3) is 0.208. The summed E-state index contributed by atoms with van der Waals surface area (Å²) in [5.74, 6) is -0.151. The maximum absolute atomic E-state index is 12.5. The smallest absolute Gasteiger partial charge is 0.251 e. The molecule has 3 heteroatoms. The average Bonchev–Trinajstić information content (AvgIpc) is 2.73. The number of benzene rings is 3. The lowest BCUT2D eigenvalue weighted by atomic mass is 9.80. The minimum absolute atomic E-state index is 0.151. The Labute approximate surface area is 159 Å². The SMILES string of the molecule is O=C(NCC1(O)CCc2ccccc2C1)c1ccc(-c2ccccc2)cc1. The number of amides is 1. The van der Waals surface area contributed by atoms with E-state index < -0.39 is 5.60 Å². The number of nitrogens with one attached hydrogen (secondary N) is 1. The molecule has 0 aromatic heterocycles. The van der Waals surface area contributed by atoms with E-state index in [1.807, 2.05) is 66.7 Å². The second-order valence-corrected chi connectivity index (χ2v) is 7.30. The lowest BCUT2D eigenvalue weighted by Gasteiger charge is -2.33. The molecule has 1 amide bonds. The van der Waals surface area contributed by atoms with Crippen LogP contribution in [-0.2, 0) is 12.8 Å². The molecule has 0 saturated carbocycles. The van der Waals surface area contributed by atoms with Gasteiger partial charge in [0.25, 0.3) is 5.91 Å². The molecule has 0 heterocycles. The van der Waals surface area contributed by atoms with E-state index in [0.717, 1.165) is 17.5 Å². The fourth-order valence-electron chi connectivity index (χ4n) is 3.73. The van der Waals surface area contributed by atoms with E-state index in [1.165, 1.54) is 11.1 Å². The number of hydrogen-bond donors (Lipinski definition) is 2. The zero-order valence-electron chi connectivity index (χ0n) is 15.2. The molecule has 0 spiro atoms. The summed E-state index contributed by atoms with van der Waals surface area (Å²) in [5, 5.41) is 13.8. The number of carbonyl (C=O) groups excluding carboxylic acids is 1. The first-order valence-electron chi connectivity index (χ1n) is 9.36. The lowest BCUT2D eigenvalue weighted by Crippen LogP contribution is -2.46. The van der Waals surface area contributed by atoms with E-state index in [4.69, 9.17) is 0 Å². The highest BCUT2D eigenvalue weighted by Crippen LogP contribution is 2.28. The number of rotatable bonds is 4. The van der Waals surface area contributed by atoms with Crippen molar-refractivity contribution in [2.24, 2.45) is 0 Å². The van der Waals surface area contributed by atoms with Crippen LogP contribution in [0.5, 0.6) is 0 Å². The summed E-state index contributed by atoms with van der Waals surface area (Å²) in [6.07, 6.45) is 2.09. The highest BCUT2D eigenvalue weighted by molar-refractivity contribution is 5.94. The Bertz CT molecular complexity index is 934. The highest BCUT2D eigenvalue weighted by Gasteiger charge is 2.32. The molecular formula is C24H23NO2. The largest absolute Gasteiger partial charge is 0.388 e. The molecule has 0 bridgehead atoms. The lowest BCUT2D eigenvalue weighted by molar-refractivity contribution is 0.0260. The van der Waals surface area contributed by atoms with E-state index in [-0.39, 0.29) is 12.5 Å². The first kappa shape index (κ1) is 17.5. The molecule has 136 valence electrons. The minimum Gasteiger partial charge on any atom is -0.388 e. The van der Waals surface area contributed by atoms with Crippen LogP contribution in [0.15, 0.2) is 78.9 Å². The van der Waals surface area contributed by atoms with Crippen LogP contribution in [0.1, 0.15) is 27.9 Å². The number of fused-ring (bicyclic) bond motifs is 1. The zero-order valence-corrected chi connectivity index (χ0v) is 15.2. The van der Waals surface area contributed by atoms with Crippen molar-refractivity contribution in [1.29, 1.82) is 0 Å². The van der Waals surface area contributed by atoms with Gasteiger partial charge in [-0.05, 0) is 47.2 Å². The third-order valence-corrected chi connectivity index (χ3v) is 5.33. The summed E-state index contributed by atoms with van der Waals surface area (Å²) < 4.78 is 0. The molecule has 0 fully saturated rings. The van der Waals surface area contributed by atoms with Crippen molar-refractivity contribution < 1.29 is 9.90 Å². The van der Waals surface area contributed by atoms with Gasteiger partial charge in [-0.3, -0.25) is 4.79 Å². The first-order chi connectivity index (χ1) is 13.1. The molecule has 1 atom stereocenters. The topological polar surface area (TPSA) is 49.3 Å². The summed E-state index contributed by atoms with van der Waals surface area (Å²) in [7, 11) is 0. The number of aliphatic hydroxyl groups is 1. The van der Waals surface area contributed by atoms with Gasteiger partial charge in [0.15, 0.2) is 0 Å². The molecule has 0 aliphatic heterocycles. The molecule has 3 nitrogen and oxygen atoms in total. The first-order valence-corrected chi connectivity index (χ1v) is 9.36. The summed E-state index contributed by atoms with van der Waals surface area (Å²) in [5.41, 5.74) is 4.40. The molecule has 4 rings (SSSR count). The second-order valence-electron chi connectivity index (χ2n) is 7.30. The van der Waals surface area contributed by atoms with Gasteiger partial charge >= 0.3 is 0 Å². The molecule has 0 saturated heterocycles. The third-order valence-electron chi connectivity index (χ3n) is 5.33. The van der Waals surface area contributed by atoms with Gasteiger partial charge in [0.05, 0.1) is 5.60 Å². The van der Waals surface area contributed by atoms with Crippen LogP contribution in [0.3, 0.4) is 0 Å². The standard InChI is InChI=1S/C24H23NO2/c26-23(21-12-10-20(11-13-21)18-6-2-1-3-7-18)25-17-24(27)15-14-19-8-4-5-9-22(19)16-24/h1-13,27H,14-17H2,(H,25,26). The van der Waals surface area contributed by atoms with Crippen LogP contribution < -0.4 is 5.32 Å². The van der Waals surface area contributed by atoms with Crippen LogP contribution >= 0.6 is 0 Å². The predicted molar refractivity (Wildman–Crippen MR) is 108 cm³/mol. The van der Waals surface area contributed by atoms with E-state index in [1.54, 1.807) is 0 Å². The Kier molecular flexibility index (Phi) is 4.78. The fourth-order valence-corrected chi connectivity index (χ4v) is 3.73. The van der Waals surface area contributed by atoms with Crippen molar-refractivity contribution in [3.63, 3.8) is 0 Å². The Balaban J connectivity index is 1.40. The summed E-state index contributed by atoms with van der Waals surface area (Å²) in [6, 6.07) is 25.9. The monoisotopic (exact) mass is 357 g/mol. The molecule has 1 aliphatic carbocycles.